The highest BCUT2D eigenvalue weighted by molar-refractivity contribution is 5.85. The molecular weight excluding hydrogens is 660 g/mol. The molecule has 0 bridgehead atoms. The second-order valence-corrected chi connectivity index (χ2v) is 12.6. The molecule has 3 aromatic rings. The molecule has 2 saturated heterocycles. The van der Waals surface area contributed by atoms with Crippen LogP contribution in [0.3, 0.4) is 0 Å². The number of carbonyl (C=O) groups is 3. The third-order valence-corrected chi connectivity index (χ3v) is 9.17. The van der Waals surface area contributed by atoms with E-state index >= 15 is 0 Å². The van der Waals surface area contributed by atoms with Crippen molar-refractivity contribution in [2.75, 3.05) is 38.2 Å². The number of nitrogens with zero attached hydrogens (tertiary/aromatic N) is 5. The van der Waals surface area contributed by atoms with Gasteiger partial charge in [-0.05, 0) is 73.9 Å². The Morgan fingerprint density at radius 2 is 1.14 bits per heavy atom. The molecule has 262 valence electrons. The summed E-state index contributed by atoms with van der Waals surface area (Å²) in [6.45, 7) is 5.32. The molecule has 3 amide bonds. The number of carbonyl (C=O) groups excluding carboxylic acids is 6. The largest absolute Gasteiger partial charge is 0.449 e. The molecule has 0 radical (unpaired) electrons. The van der Waals surface area contributed by atoms with Crippen LogP contribution in [0.15, 0.2) is 87.8 Å². The second kappa shape index (κ2) is 15.0. The first-order chi connectivity index (χ1) is 24.5. The van der Waals surface area contributed by atoms with Crippen LogP contribution in [0.2, 0.25) is 0 Å². The number of aliphatic imine (C=N–C) groups is 3. The van der Waals surface area contributed by atoms with Gasteiger partial charge in [-0.25, -0.2) is 28.8 Å². The number of rotatable bonds is 13. The standard InChI is InChI=1S/C36H34N6O9/c1-4-36(19-49-31(46)40-30-13-7-12-29(16-30)39-24-45,20-50-32(47)41-17-34(41,2)25-8-5-10-27(14-25)37-22-43)21-51-33(48)42-18-35(42,3)26-9-6-11-28(15-26)38-23-44/h5-16H,4,17-21H2,1-3H3,(H,40,46). The topological polar surface area (TPSA) is 185 Å². The third-order valence-electron chi connectivity index (χ3n) is 9.17. The van der Waals surface area contributed by atoms with Crippen molar-refractivity contribution in [3.8, 4) is 0 Å². The quantitative estimate of drug-likeness (QED) is 0.0932. The molecule has 2 fully saturated rings. The van der Waals surface area contributed by atoms with Crippen LogP contribution in [0.25, 0.3) is 0 Å². The van der Waals surface area contributed by atoms with Gasteiger partial charge in [0.1, 0.15) is 19.8 Å². The van der Waals surface area contributed by atoms with Crippen LogP contribution in [0.5, 0.6) is 0 Å². The van der Waals surface area contributed by atoms with E-state index in [4.69, 9.17) is 14.2 Å². The molecule has 2 atom stereocenters. The van der Waals surface area contributed by atoms with Crippen LogP contribution in [-0.4, -0.2) is 79.2 Å². The van der Waals surface area contributed by atoms with Gasteiger partial charge in [-0.15, -0.1) is 0 Å². The molecule has 0 spiro atoms. The Morgan fingerprint density at radius 1 is 0.706 bits per heavy atom. The van der Waals surface area contributed by atoms with Gasteiger partial charge in [0.05, 0.1) is 46.6 Å². The van der Waals surface area contributed by atoms with Crippen LogP contribution in [0, 0.1) is 5.41 Å². The summed E-state index contributed by atoms with van der Waals surface area (Å²) in [5.41, 5.74) is 0.330. The number of hydrogen-bond acceptors (Lipinski definition) is 12. The van der Waals surface area contributed by atoms with Crippen LogP contribution in [0.4, 0.5) is 37.1 Å². The van der Waals surface area contributed by atoms with Gasteiger partial charge in [-0.2, -0.15) is 15.0 Å². The van der Waals surface area contributed by atoms with E-state index < -0.39 is 34.8 Å². The van der Waals surface area contributed by atoms with Crippen LogP contribution < -0.4 is 5.32 Å². The molecule has 2 unspecified atom stereocenters. The van der Waals surface area contributed by atoms with Crippen molar-refractivity contribution in [1.82, 2.24) is 9.80 Å². The Morgan fingerprint density at radius 3 is 1.59 bits per heavy atom. The lowest BCUT2D eigenvalue weighted by Crippen LogP contribution is -2.41. The van der Waals surface area contributed by atoms with Gasteiger partial charge in [0.25, 0.3) is 0 Å². The molecule has 1 N–H and O–H groups in total. The highest BCUT2D eigenvalue weighted by atomic mass is 16.6. The van der Waals surface area contributed by atoms with Gasteiger partial charge in [-0.1, -0.05) is 37.3 Å². The van der Waals surface area contributed by atoms with Crippen LogP contribution in [-0.2, 0) is 39.7 Å². The third kappa shape index (κ3) is 8.26. The zero-order valence-electron chi connectivity index (χ0n) is 28.1. The van der Waals surface area contributed by atoms with Crippen molar-refractivity contribution in [2.24, 2.45) is 20.4 Å². The average Bonchev–Trinajstić information content (AvgIpc) is 4.03. The summed E-state index contributed by atoms with van der Waals surface area (Å²) >= 11 is 0. The number of nitrogens with one attached hydrogen (secondary N) is 1. The van der Waals surface area contributed by atoms with Gasteiger partial charge in [-0.3, -0.25) is 15.1 Å². The molecule has 0 aromatic heterocycles. The Hall–Kier alpha value is -6.39. The van der Waals surface area contributed by atoms with E-state index in [2.05, 4.69) is 20.3 Å². The van der Waals surface area contributed by atoms with E-state index in [1.54, 1.807) is 61.5 Å². The normalized spacial score (nSPS) is 19.5. The molecule has 2 aliphatic heterocycles. The zero-order chi connectivity index (χ0) is 36.6. The minimum atomic E-state index is -1.15. The van der Waals surface area contributed by atoms with Crippen molar-refractivity contribution in [3.63, 3.8) is 0 Å². The SMILES string of the molecule is CCC(COC(=O)Nc1cccc(N=C=O)c1)(COC(=O)N1CC1(C)c1cccc(N=C=O)c1)COC(=O)N1CC1(C)c1cccc(N=C=O)c1. The Labute approximate surface area is 292 Å². The molecule has 15 heteroatoms. The van der Waals surface area contributed by atoms with E-state index in [1.165, 1.54) is 34.1 Å². The van der Waals surface area contributed by atoms with Crippen molar-refractivity contribution in [1.29, 1.82) is 0 Å². The second-order valence-electron chi connectivity index (χ2n) is 12.6. The fourth-order valence-electron chi connectivity index (χ4n) is 5.59. The summed E-state index contributed by atoms with van der Waals surface area (Å²) in [5.74, 6) is 0. The Kier molecular flexibility index (Phi) is 10.6. The lowest BCUT2D eigenvalue weighted by atomic mass is 9.88. The van der Waals surface area contributed by atoms with Gasteiger partial charge in [0.2, 0.25) is 18.2 Å². The minimum Gasteiger partial charge on any atom is -0.449 e. The number of ether oxygens (including phenoxy) is 3. The van der Waals surface area contributed by atoms with Crippen LogP contribution in [0.1, 0.15) is 38.3 Å². The number of amides is 3. The predicted octanol–water partition coefficient (Wildman–Crippen LogP) is 6.27. The van der Waals surface area contributed by atoms with Gasteiger partial charge < -0.3 is 14.2 Å². The number of anilines is 1. The monoisotopic (exact) mass is 694 g/mol. The van der Waals surface area contributed by atoms with E-state index in [0.29, 0.717) is 30.2 Å². The van der Waals surface area contributed by atoms with E-state index in [1.807, 2.05) is 26.0 Å². The maximum absolute atomic E-state index is 13.3. The van der Waals surface area contributed by atoms with E-state index in [9.17, 15) is 28.8 Å². The number of isocyanates is 3. The maximum Gasteiger partial charge on any atom is 0.411 e. The van der Waals surface area contributed by atoms with Crippen molar-refractivity contribution < 1.29 is 43.0 Å². The molecule has 15 nitrogen and oxygen atoms in total. The highest BCUT2D eigenvalue weighted by Crippen LogP contribution is 2.45. The fraction of sp³-hybridized carbons (Fsp3) is 0.333. The molecule has 2 heterocycles. The van der Waals surface area contributed by atoms with Gasteiger partial charge in [0.15, 0.2) is 0 Å². The van der Waals surface area contributed by atoms with Crippen LogP contribution >= 0.6 is 0 Å². The zero-order valence-corrected chi connectivity index (χ0v) is 28.1. The molecule has 5 rings (SSSR count). The van der Waals surface area contributed by atoms with Gasteiger partial charge >= 0.3 is 18.3 Å². The predicted molar refractivity (Wildman–Crippen MR) is 181 cm³/mol. The molecule has 0 aliphatic carbocycles. The Balaban J connectivity index is 1.27. The first-order valence-electron chi connectivity index (χ1n) is 15.9. The van der Waals surface area contributed by atoms with Gasteiger partial charge in [0, 0.05) is 5.69 Å². The molecule has 51 heavy (non-hydrogen) atoms. The summed E-state index contributed by atoms with van der Waals surface area (Å²) in [4.78, 5) is 85.4. The van der Waals surface area contributed by atoms with Crippen molar-refractivity contribution >= 4 is 59.3 Å². The minimum absolute atomic E-state index is 0.266. The summed E-state index contributed by atoms with van der Waals surface area (Å²) in [5, 5.41) is 2.56. The highest BCUT2D eigenvalue weighted by Gasteiger charge is 2.55. The molecule has 2 aliphatic rings. The fourth-order valence-corrected chi connectivity index (χ4v) is 5.59. The summed E-state index contributed by atoms with van der Waals surface area (Å²) < 4.78 is 17.1. The molecule has 3 aromatic carbocycles. The lowest BCUT2D eigenvalue weighted by Gasteiger charge is -2.31. The molecule has 0 saturated carbocycles. The number of benzene rings is 3. The first-order valence-corrected chi connectivity index (χ1v) is 15.9. The summed E-state index contributed by atoms with van der Waals surface area (Å²) in [7, 11) is 0. The van der Waals surface area contributed by atoms with Crippen molar-refractivity contribution in [3.05, 3.63) is 83.9 Å². The van der Waals surface area contributed by atoms with E-state index in [0.717, 1.165) is 11.1 Å². The first kappa shape index (κ1) is 35.9. The lowest BCUT2D eigenvalue weighted by molar-refractivity contribution is -0.0217. The smallest absolute Gasteiger partial charge is 0.411 e. The molecular formula is C36H34N6O9. The maximum atomic E-state index is 13.3. The van der Waals surface area contributed by atoms with Crippen molar-refractivity contribution in [2.45, 2.75) is 38.3 Å². The van der Waals surface area contributed by atoms with E-state index in [-0.39, 0.29) is 31.9 Å². The summed E-state index contributed by atoms with van der Waals surface area (Å²) in [6, 6.07) is 19.9. The Bertz CT molecular complexity index is 1890. The average molecular weight is 695 g/mol. The number of hydrogen-bond donors (Lipinski definition) is 1. The summed E-state index contributed by atoms with van der Waals surface area (Å²) in [6.07, 6.45) is 2.60.